The zero-order valence-corrected chi connectivity index (χ0v) is 16.6. The highest BCUT2D eigenvalue weighted by atomic mass is 24.3. The Balaban J connectivity index is -0.000000451. The summed E-state index contributed by atoms with van der Waals surface area (Å²) in [5.74, 6) is -2.09. The summed E-state index contributed by atoms with van der Waals surface area (Å²) in [5.41, 5.74) is -0.946. The molecule has 168 valence electrons. The molecule has 0 atom stereocenters. The number of carbonyl (C=O) groups is 3. The number of carboxylic acids is 2. The van der Waals surface area contributed by atoms with Crippen LogP contribution in [0.5, 0.6) is 0 Å². The molecule has 0 aromatic rings. The number of hydrogen-bond acceptors (Lipinski definition) is 7. The Morgan fingerprint density at radius 1 is 0.793 bits per heavy atom. The number of ether oxygens (including phenoxy) is 1. The van der Waals surface area contributed by atoms with E-state index in [2.05, 4.69) is 6.58 Å². The summed E-state index contributed by atoms with van der Waals surface area (Å²) in [6.45, 7) is 3.26. The first-order chi connectivity index (χ1) is 13.1. The van der Waals surface area contributed by atoms with Crippen molar-refractivity contribution < 1.29 is 44.7 Å². The number of rotatable bonds is 15. The van der Waals surface area contributed by atoms with Crippen molar-refractivity contribution >= 4 is 41.0 Å². The summed E-state index contributed by atoms with van der Waals surface area (Å²) in [5, 5.41) is 43.4. The van der Waals surface area contributed by atoms with E-state index in [4.69, 9.17) is 30.3 Å². The summed E-state index contributed by atoms with van der Waals surface area (Å²) in [7, 11) is 0. The van der Waals surface area contributed by atoms with Crippen LogP contribution in [-0.2, 0) is 19.1 Å². The van der Waals surface area contributed by atoms with Crippen molar-refractivity contribution in [1.82, 2.24) is 0 Å². The molecule has 0 bridgehead atoms. The molecule has 0 saturated heterocycles. The molecule has 0 spiro atoms. The average molecular weight is 433 g/mol. The fourth-order valence-corrected chi connectivity index (χ4v) is 1.89. The van der Waals surface area contributed by atoms with Gasteiger partial charge >= 0.3 is 41.0 Å². The largest absolute Gasteiger partial charge is 0.481 e. The molecule has 0 rings (SSSR count). The van der Waals surface area contributed by atoms with E-state index in [1.165, 1.54) is 6.92 Å². The number of esters is 1. The monoisotopic (exact) mass is 432 g/mol. The van der Waals surface area contributed by atoms with Crippen molar-refractivity contribution in [2.75, 3.05) is 26.4 Å². The number of aliphatic carboxylic acids is 2. The Morgan fingerprint density at radius 3 is 1.41 bits per heavy atom. The Hall–Kier alpha value is -1.20. The average Bonchev–Trinajstić information content (AvgIpc) is 2.65. The van der Waals surface area contributed by atoms with Gasteiger partial charge < -0.3 is 30.3 Å². The maximum absolute atomic E-state index is 11.0. The van der Waals surface area contributed by atoms with Crippen LogP contribution in [0.4, 0.5) is 0 Å². The molecule has 0 aromatic carbocycles. The van der Waals surface area contributed by atoms with Crippen LogP contribution in [-0.4, -0.2) is 92.9 Å². The van der Waals surface area contributed by atoms with Crippen molar-refractivity contribution in [2.45, 2.75) is 58.3 Å². The van der Waals surface area contributed by atoms with Gasteiger partial charge in [-0.15, -0.1) is 0 Å². The summed E-state index contributed by atoms with van der Waals surface area (Å²) >= 11 is 0. The quantitative estimate of drug-likeness (QED) is 0.107. The molecule has 10 heteroatoms. The normalized spacial score (nSPS) is 10.2. The molecule has 29 heavy (non-hydrogen) atoms. The second kappa shape index (κ2) is 20.1. The van der Waals surface area contributed by atoms with Gasteiger partial charge in [-0.2, -0.15) is 0 Å². The lowest BCUT2D eigenvalue weighted by atomic mass is 9.93. The van der Waals surface area contributed by atoms with Gasteiger partial charge in [0.05, 0.1) is 25.2 Å². The highest BCUT2D eigenvalue weighted by Gasteiger charge is 2.30. The predicted molar refractivity (Wildman–Crippen MR) is 110 cm³/mol. The van der Waals surface area contributed by atoms with Crippen LogP contribution in [0.25, 0.3) is 0 Å². The summed E-state index contributed by atoms with van der Waals surface area (Å²) < 4.78 is 4.72. The van der Waals surface area contributed by atoms with E-state index in [1.807, 2.05) is 0 Å². The molecule has 5 N–H and O–H groups in total. The Kier molecular flexibility index (Phi) is 22.5. The first kappa shape index (κ1) is 32.5. The van der Waals surface area contributed by atoms with E-state index in [-0.39, 0.29) is 48.1 Å². The van der Waals surface area contributed by atoms with Gasteiger partial charge in [0.1, 0.15) is 6.61 Å². The third-order valence-corrected chi connectivity index (χ3v) is 3.90. The molecule has 0 unspecified atom stereocenters. The molecule has 0 heterocycles. The number of hydrogen-bond donors (Lipinski definition) is 5. The van der Waals surface area contributed by atoms with Crippen LogP contribution in [0.15, 0.2) is 12.2 Å². The van der Waals surface area contributed by atoms with E-state index in [0.717, 1.165) is 38.5 Å². The Bertz CT molecular complexity index is 448. The SMILES string of the molecule is C=C(C)C(=O)OCC(CO)(CO)CO.O=C(O)CCCCCCCCC(=O)O.[MgH2]. The maximum atomic E-state index is 11.0. The lowest BCUT2D eigenvalue weighted by Gasteiger charge is -2.26. The Morgan fingerprint density at radius 2 is 1.14 bits per heavy atom. The van der Waals surface area contributed by atoms with Crippen LogP contribution in [0.1, 0.15) is 58.3 Å². The number of unbranched alkanes of at least 4 members (excludes halogenated alkanes) is 5. The van der Waals surface area contributed by atoms with Gasteiger partial charge in [-0.3, -0.25) is 9.59 Å². The van der Waals surface area contributed by atoms with E-state index < -0.39 is 43.1 Å². The minimum absolute atomic E-state index is 0. The van der Waals surface area contributed by atoms with Crippen molar-refractivity contribution in [3.8, 4) is 0 Å². The van der Waals surface area contributed by atoms with Gasteiger partial charge in [0.2, 0.25) is 0 Å². The minimum atomic E-state index is -1.18. The number of aliphatic hydroxyl groups excluding tert-OH is 3. The van der Waals surface area contributed by atoms with Gasteiger partial charge in [-0.25, -0.2) is 4.79 Å². The van der Waals surface area contributed by atoms with E-state index >= 15 is 0 Å². The predicted octanol–water partition coefficient (Wildman–Crippen LogP) is 0.429. The third-order valence-electron chi connectivity index (χ3n) is 3.90. The first-order valence-electron chi connectivity index (χ1n) is 9.23. The number of carboxylic acid groups (broad SMARTS) is 2. The fourth-order valence-electron chi connectivity index (χ4n) is 1.89. The lowest BCUT2D eigenvalue weighted by molar-refractivity contribution is -0.146. The smallest absolute Gasteiger partial charge is 0.333 e. The standard InChI is InChI=1S/C10H18O4.C9H16O5.Mg.2H/c11-9(12)7-5-3-1-2-4-6-8-10(13)14;1-7(2)8(13)14-6-9(3-10,4-11)5-12;;;/h1-8H2,(H,11,12)(H,13,14);10-12H,1,3-6H2,2H3;;;. The molecular formula is C19H36MgO9. The zero-order valence-electron chi connectivity index (χ0n) is 16.6. The lowest BCUT2D eigenvalue weighted by Crippen LogP contribution is -2.39. The molecule has 9 nitrogen and oxygen atoms in total. The molecule has 0 amide bonds. The van der Waals surface area contributed by atoms with Crippen molar-refractivity contribution in [3.05, 3.63) is 12.2 Å². The van der Waals surface area contributed by atoms with Gasteiger partial charge in [-0.05, 0) is 19.8 Å². The fraction of sp³-hybridized carbons (Fsp3) is 0.737. The molecule has 0 fully saturated rings. The molecule has 0 aliphatic rings. The topological polar surface area (TPSA) is 162 Å². The van der Waals surface area contributed by atoms with Crippen LogP contribution in [0, 0.1) is 5.41 Å². The van der Waals surface area contributed by atoms with Crippen LogP contribution >= 0.6 is 0 Å². The third kappa shape index (κ3) is 19.9. The summed E-state index contributed by atoms with van der Waals surface area (Å²) in [6, 6.07) is 0. The minimum Gasteiger partial charge on any atom is -0.481 e. The highest BCUT2D eigenvalue weighted by Crippen LogP contribution is 2.15. The molecule has 0 aliphatic carbocycles. The molecule has 0 radical (unpaired) electrons. The van der Waals surface area contributed by atoms with Gasteiger partial charge in [-0.1, -0.05) is 32.3 Å². The molecule has 0 aromatic heterocycles. The first-order valence-corrected chi connectivity index (χ1v) is 9.23. The highest BCUT2D eigenvalue weighted by molar-refractivity contribution is 5.86. The van der Waals surface area contributed by atoms with Crippen LogP contribution in [0.2, 0.25) is 0 Å². The number of aliphatic hydroxyl groups is 3. The Labute approximate surface area is 187 Å². The van der Waals surface area contributed by atoms with Gasteiger partial charge in [0, 0.05) is 18.4 Å². The molecular weight excluding hydrogens is 397 g/mol. The van der Waals surface area contributed by atoms with Crippen molar-refractivity contribution in [3.63, 3.8) is 0 Å². The van der Waals surface area contributed by atoms with Crippen LogP contribution < -0.4 is 0 Å². The van der Waals surface area contributed by atoms with E-state index in [9.17, 15) is 14.4 Å². The number of carbonyl (C=O) groups excluding carboxylic acids is 1. The van der Waals surface area contributed by atoms with E-state index in [0.29, 0.717) is 0 Å². The van der Waals surface area contributed by atoms with Crippen molar-refractivity contribution in [1.29, 1.82) is 0 Å². The molecule has 0 aliphatic heterocycles. The van der Waals surface area contributed by atoms with Crippen molar-refractivity contribution in [2.24, 2.45) is 5.41 Å². The summed E-state index contributed by atoms with van der Waals surface area (Å²) in [4.78, 5) is 31.3. The second-order valence-electron chi connectivity index (χ2n) is 6.74. The zero-order chi connectivity index (χ0) is 22.0. The van der Waals surface area contributed by atoms with Crippen LogP contribution in [0.3, 0.4) is 0 Å². The van der Waals surface area contributed by atoms with Gasteiger partial charge in [0.15, 0.2) is 0 Å². The van der Waals surface area contributed by atoms with E-state index in [1.54, 1.807) is 0 Å². The molecule has 0 saturated carbocycles. The second-order valence-corrected chi connectivity index (χ2v) is 6.74. The maximum Gasteiger partial charge on any atom is 0.333 e. The van der Waals surface area contributed by atoms with Gasteiger partial charge in [0.25, 0.3) is 0 Å². The summed E-state index contributed by atoms with van der Waals surface area (Å²) in [6.07, 6.45) is 5.82.